The van der Waals surface area contributed by atoms with Crippen molar-refractivity contribution in [3.8, 4) is 0 Å². The summed E-state index contributed by atoms with van der Waals surface area (Å²) in [6.07, 6.45) is 0.656. The van der Waals surface area contributed by atoms with Gasteiger partial charge in [0.25, 0.3) is 0 Å². The highest BCUT2D eigenvalue weighted by molar-refractivity contribution is 5.74. The highest BCUT2D eigenvalue weighted by Crippen LogP contribution is 2.13. The lowest BCUT2D eigenvalue weighted by atomic mass is 10.1. The van der Waals surface area contributed by atoms with Gasteiger partial charge in [0.15, 0.2) is 0 Å². The first-order valence-electron chi connectivity index (χ1n) is 7.09. The Morgan fingerprint density at radius 3 is 2.80 bits per heavy atom. The van der Waals surface area contributed by atoms with Crippen LogP contribution in [0.3, 0.4) is 0 Å². The van der Waals surface area contributed by atoms with E-state index in [9.17, 15) is 9.59 Å². The highest BCUT2D eigenvalue weighted by atomic mass is 16.5. The molecule has 2 aliphatic heterocycles. The average Bonchev–Trinajstić information content (AvgIpc) is 2.81. The van der Waals surface area contributed by atoms with Crippen LogP contribution in [0.25, 0.3) is 0 Å². The Hall–Kier alpha value is -1.34. The third-order valence-electron chi connectivity index (χ3n) is 3.86. The second-order valence-electron chi connectivity index (χ2n) is 5.64. The molecule has 0 spiro atoms. The van der Waals surface area contributed by atoms with E-state index in [1.165, 1.54) is 0 Å². The lowest BCUT2D eigenvalue weighted by molar-refractivity contribution is -0.141. The van der Waals surface area contributed by atoms with Crippen molar-refractivity contribution in [3.05, 3.63) is 0 Å². The molecule has 2 saturated heterocycles. The summed E-state index contributed by atoms with van der Waals surface area (Å²) in [5.41, 5.74) is 0. The third kappa shape index (κ3) is 4.35. The zero-order chi connectivity index (χ0) is 14.5. The van der Waals surface area contributed by atoms with Crippen molar-refractivity contribution in [2.24, 2.45) is 5.92 Å². The van der Waals surface area contributed by atoms with Crippen LogP contribution < -0.4 is 5.32 Å². The predicted molar refractivity (Wildman–Crippen MR) is 72.6 cm³/mol. The Morgan fingerprint density at radius 2 is 2.15 bits per heavy atom. The molecule has 2 aliphatic rings. The normalized spacial score (nSPS) is 27.6. The maximum atomic E-state index is 12.1. The molecule has 0 saturated carbocycles. The monoisotopic (exact) mass is 285 g/mol. The molecular weight excluding hydrogens is 262 g/mol. The van der Waals surface area contributed by atoms with Gasteiger partial charge in [0, 0.05) is 26.2 Å². The predicted octanol–water partition coefficient (Wildman–Crippen LogP) is -0.177. The molecule has 0 aliphatic carbocycles. The number of ether oxygens (including phenoxy) is 1. The molecule has 7 nitrogen and oxygen atoms in total. The third-order valence-corrected chi connectivity index (χ3v) is 3.86. The second-order valence-corrected chi connectivity index (χ2v) is 5.64. The van der Waals surface area contributed by atoms with Crippen LogP contribution in [0, 0.1) is 5.92 Å². The summed E-state index contributed by atoms with van der Waals surface area (Å²) in [4.78, 5) is 26.6. The molecule has 2 unspecified atom stereocenters. The summed E-state index contributed by atoms with van der Waals surface area (Å²) >= 11 is 0. The summed E-state index contributed by atoms with van der Waals surface area (Å²) in [5, 5.41) is 11.7. The number of morpholine rings is 1. The summed E-state index contributed by atoms with van der Waals surface area (Å²) in [6.45, 7) is 4.06. The van der Waals surface area contributed by atoms with Crippen LogP contribution in [-0.4, -0.2) is 79.4 Å². The largest absolute Gasteiger partial charge is 0.481 e. The van der Waals surface area contributed by atoms with E-state index in [0.717, 1.165) is 19.5 Å². The molecule has 0 aromatic rings. The lowest BCUT2D eigenvalue weighted by Gasteiger charge is -2.32. The number of aliphatic carboxylic acids is 1. The van der Waals surface area contributed by atoms with E-state index in [0.29, 0.717) is 32.2 Å². The van der Waals surface area contributed by atoms with Gasteiger partial charge in [-0.2, -0.15) is 0 Å². The first kappa shape index (κ1) is 15.1. The molecule has 2 N–H and O–H groups in total. The smallest absolute Gasteiger partial charge is 0.317 e. The van der Waals surface area contributed by atoms with Gasteiger partial charge < -0.3 is 25.0 Å². The number of carboxylic acids is 1. The lowest BCUT2D eigenvalue weighted by Crippen LogP contribution is -2.50. The number of carbonyl (C=O) groups is 2. The first-order chi connectivity index (χ1) is 9.54. The second kappa shape index (κ2) is 6.90. The molecule has 2 heterocycles. The Balaban J connectivity index is 1.72. The molecule has 2 atom stereocenters. The molecule has 114 valence electrons. The molecule has 2 rings (SSSR count). The van der Waals surface area contributed by atoms with Gasteiger partial charge in [-0.05, 0) is 25.9 Å². The Kier molecular flexibility index (Phi) is 5.19. The van der Waals surface area contributed by atoms with Crippen molar-refractivity contribution < 1.29 is 19.4 Å². The van der Waals surface area contributed by atoms with Crippen LogP contribution >= 0.6 is 0 Å². The summed E-state index contributed by atoms with van der Waals surface area (Å²) in [7, 11) is 2.08. The zero-order valence-corrected chi connectivity index (χ0v) is 11.9. The Bertz CT molecular complexity index is 364. The number of nitrogens with zero attached hydrogens (tertiary/aromatic N) is 2. The van der Waals surface area contributed by atoms with Crippen molar-refractivity contribution in [2.45, 2.75) is 18.9 Å². The van der Waals surface area contributed by atoms with Gasteiger partial charge >= 0.3 is 12.0 Å². The summed E-state index contributed by atoms with van der Waals surface area (Å²) in [5.74, 6) is -0.383. The standard InChI is InChI=1S/C13H23N3O4/c1-15-3-2-10(8-15)7-14-13(19)16-4-5-20-11(9-16)6-12(17)18/h10-11H,2-9H2,1H3,(H,14,19)(H,17,18). The van der Waals surface area contributed by atoms with Gasteiger partial charge in [-0.25, -0.2) is 4.79 Å². The molecule has 0 radical (unpaired) electrons. The van der Waals surface area contributed by atoms with Crippen molar-refractivity contribution in [1.29, 1.82) is 0 Å². The minimum Gasteiger partial charge on any atom is -0.481 e. The van der Waals surface area contributed by atoms with E-state index in [1.807, 2.05) is 0 Å². The van der Waals surface area contributed by atoms with Crippen molar-refractivity contribution in [3.63, 3.8) is 0 Å². The van der Waals surface area contributed by atoms with Gasteiger partial charge in [0.05, 0.1) is 19.1 Å². The first-order valence-corrected chi connectivity index (χ1v) is 7.09. The fraction of sp³-hybridized carbons (Fsp3) is 0.846. The summed E-state index contributed by atoms with van der Waals surface area (Å²) in [6, 6.07) is -0.113. The molecule has 2 fully saturated rings. The molecule has 7 heteroatoms. The van der Waals surface area contributed by atoms with Gasteiger partial charge in [0.2, 0.25) is 0 Å². The number of hydrogen-bond acceptors (Lipinski definition) is 4. The number of carboxylic acid groups (broad SMARTS) is 1. The average molecular weight is 285 g/mol. The molecule has 0 aromatic carbocycles. The molecule has 20 heavy (non-hydrogen) atoms. The zero-order valence-electron chi connectivity index (χ0n) is 11.9. The fourth-order valence-corrected chi connectivity index (χ4v) is 2.76. The van der Waals surface area contributed by atoms with Crippen LogP contribution in [-0.2, 0) is 9.53 Å². The van der Waals surface area contributed by atoms with E-state index in [2.05, 4.69) is 17.3 Å². The highest BCUT2D eigenvalue weighted by Gasteiger charge is 2.27. The van der Waals surface area contributed by atoms with Crippen LogP contribution in [0.5, 0.6) is 0 Å². The maximum Gasteiger partial charge on any atom is 0.317 e. The molecule has 2 amide bonds. The van der Waals surface area contributed by atoms with E-state index in [-0.39, 0.29) is 12.5 Å². The fourth-order valence-electron chi connectivity index (χ4n) is 2.76. The topological polar surface area (TPSA) is 82.1 Å². The van der Waals surface area contributed by atoms with E-state index in [4.69, 9.17) is 9.84 Å². The van der Waals surface area contributed by atoms with Crippen molar-refractivity contribution in [2.75, 3.05) is 46.4 Å². The summed E-state index contributed by atoms with van der Waals surface area (Å²) < 4.78 is 5.35. The number of amides is 2. The number of likely N-dealkylation sites (tertiary alicyclic amines) is 1. The van der Waals surface area contributed by atoms with Gasteiger partial charge in [-0.3, -0.25) is 4.79 Å². The van der Waals surface area contributed by atoms with Crippen LogP contribution in [0.15, 0.2) is 0 Å². The van der Waals surface area contributed by atoms with Crippen molar-refractivity contribution in [1.82, 2.24) is 15.1 Å². The van der Waals surface area contributed by atoms with Crippen molar-refractivity contribution >= 4 is 12.0 Å². The van der Waals surface area contributed by atoms with Crippen LogP contribution in [0.4, 0.5) is 4.79 Å². The van der Waals surface area contributed by atoms with Gasteiger partial charge in [-0.1, -0.05) is 0 Å². The number of carbonyl (C=O) groups excluding carboxylic acids is 1. The SMILES string of the molecule is CN1CCC(CNC(=O)N2CCOC(CC(=O)O)C2)C1. The number of rotatable bonds is 4. The van der Waals surface area contributed by atoms with E-state index >= 15 is 0 Å². The minimum atomic E-state index is -0.897. The van der Waals surface area contributed by atoms with Crippen LogP contribution in [0.2, 0.25) is 0 Å². The van der Waals surface area contributed by atoms with Gasteiger partial charge in [0.1, 0.15) is 0 Å². The van der Waals surface area contributed by atoms with E-state index in [1.54, 1.807) is 4.90 Å². The van der Waals surface area contributed by atoms with Crippen LogP contribution in [0.1, 0.15) is 12.8 Å². The van der Waals surface area contributed by atoms with Gasteiger partial charge in [-0.15, -0.1) is 0 Å². The molecule has 0 bridgehead atoms. The minimum absolute atomic E-state index is 0.0583. The van der Waals surface area contributed by atoms with E-state index < -0.39 is 12.1 Å². The molecule has 0 aromatic heterocycles. The quantitative estimate of drug-likeness (QED) is 0.749. The Morgan fingerprint density at radius 1 is 1.35 bits per heavy atom. The maximum absolute atomic E-state index is 12.1. The Labute approximate surface area is 118 Å². The number of urea groups is 1. The number of hydrogen-bond donors (Lipinski definition) is 2. The molecular formula is C13H23N3O4. The number of nitrogens with one attached hydrogen (secondary N) is 1.